The molecule has 0 radical (unpaired) electrons. The third-order valence-electron chi connectivity index (χ3n) is 2.78. The number of nitrogens with zero attached hydrogens (tertiary/aromatic N) is 1. The van der Waals surface area contributed by atoms with E-state index in [2.05, 4.69) is 0 Å². The highest BCUT2D eigenvalue weighted by atomic mass is 35.5. The molecular weight excluding hydrogens is 298 g/mol. The molecule has 0 unspecified atom stereocenters. The number of hydrogen-bond donors (Lipinski definition) is 1. The van der Waals surface area contributed by atoms with Gasteiger partial charge in [0, 0.05) is 6.07 Å². The standard InChI is InChI=1S/C14H10ClNO5/c1-8-6-10(3-4-11(8)14(17)18)21-13-7-9(16(19)20)2-5-12(13)15/h2-7H,1H3,(H,17,18). The number of carboxylic acids is 1. The highest BCUT2D eigenvalue weighted by Crippen LogP contribution is 2.33. The molecule has 7 heteroatoms. The summed E-state index contributed by atoms with van der Waals surface area (Å²) in [5.41, 5.74) is 0.530. The molecule has 2 aromatic carbocycles. The highest BCUT2D eigenvalue weighted by Gasteiger charge is 2.13. The van der Waals surface area contributed by atoms with E-state index in [1.807, 2.05) is 0 Å². The summed E-state index contributed by atoms with van der Waals surface area (Å²) in [4.78, 5) is 21.1. The van der Waals surface area contributed by atoms with Crippen LogP contribution in [0.2, 0.25) is 5.02 Å². The third-order valence-corrected chi connectivity index (χ3v) is 3.09. The predicted octanol–water partition coefficient (Wildman–Crippen LogP) is 4.05. The number of carbonyl (C=O) groups is 1. The van der Waals surface area contributed by atoms with Gasteiger partial charge in [0.1, 0.15) is 5.75 Å². The first-order chi connectivity index (χ1) is 9.88. The van der Waals surface area contributed by atoms with Crippen LogP contribution < -0.4 is 4.74 Å². The van der Waals surface area contributed by atoms with Gasteiger partial charge in [-0.3, -0.25) is 10.1 Å². The first-order valence-electron chi connectivity index (χ1n) is 5.84. The van der Waals surface area contributed by atoms with E-state index >= 15 is 0 Å². The van der Waals surface area contributed by atoms with Crippen LogP contribution in [0.5, 0.6) is 11.5 Å². The Labute approximate surface area is 124 Å². The van der Waals surface area contributed by atoms with E-state index in [4.69, 9.17) is 21.4 Å². The monoisotopic (exact) mass is 307 g/mol. The lowest BCUT2D eigenvalue weighted by Gasteiger charge is -2.09. The number of nitro benzene ring substituents is 1. The Hall–Kier alpha value is -2.60. The lowest BCUT2D eigenvalue weighted by atomic mass is 10.1. The number of nitro groups is 1. The van der Waals surface area contributed by atoms with Crippen molar-refractivity contribution >= 4 is 23.3 Å². The van der Waals surface area contributed by atoms with Crippen molar-refractivity contribution in [2.75, 3.05) is 0 Å². The SMILES string of the molecule is Cc1cc(Oc2cc([N+](=O)[O-])ccc2Cl)ccc1C(=O)O. The molecule has 2 rings (SSSR count). The average Bonchev–Trinajstić information content (AvgIpc) is 2.40. The normalized spacial score (nSPS) is 10.2. The van der Waals surface area contributed by atoms with Gasteiger partial charge < -0.3 is 9.84 Å². The van der Waals surface area contributed by atoms with Gasteiger partial charge >= 0.3 is 5.97 Å². The van der Waals surface area contributed by atoms with Gasteiger partial charge in [-0.25, -0.2) is 4.79 Å². The second kappa shape index (κ2) is 5.80. The lowest BCUT2D eigenvalue weighted by Crippen LogP contribution is -1.99. The second-order valence-corrected chi connectivity index (χ2v) is 4.66. The van der Waals surface area contributed by atoms with Crippen LogP contribution in [0.1, 0.15) is 15.9 Å². The van der Waals surface area contributed by atoms with Crippen LogP contribution in [0.3, 0.4) is 0 Å². The molecule has 0 heterocycles. The summed E-state index contributed by atoms with van der Waals surface area (Å²) >= 11 is 5.93. The molecule has 108 valence electrons. The predicted molar refractivity (Wildman–Crippen MR) is 76.3 cm³/mol. The fraction of sp³-hybridized carbons (Fsp3) is 0.0714. The second-order valence-electron chi connectivity index (χ2n) is 4.26. The van der Waals surface area contributed by atoms with E-state index in [0.717, 1.165) is 0 Å². The molecule has 0 saturated heterocycles. The van der Waals surface area contributed by atoms with Crippen LogP contribution in [-0.4, -0.2) is 16.0 Å². The molecule has 0 atom stereocenters. The van der Waals surface area contributed by atoms with Crippen molar-refractivity contribution in [3.05, 3.63) is 62.7 Å². The quantitative estimate of drug-likeness (QED) is 0.680. The summed E-state index contributed by atoms with van der Waals surface area (Å²) in [6, 6.07) is 8.24. The zero-order valence-electron chi connectivity index (χ0n) is 10.9. The average molecular weight is 308 g/mol. The number of carboxylic acid groups (broad SMARTS) is 1. The van der Waals surface area contributed by atoms with E-state index in [1.54, 1.807) is 6.92 Å². The van der Waals surface area contributed by atoms with Gasteiger partial charge in [0.25, 0.3) is 5.69 Å². The highest BCUT2D eigenvalue weighted by molar-refractivity contribution is 6.32. The van der Waals surface area contributed by atoms with Crippen molar-refractivity contribution in [3.8, 4) is 11.5 Å². The summed E-state index contributed by atoms with van der Waals surface area (Å²) in [6.45, 7) is 1.63. The van der Waals surface area contributed by atoms with Crippen molar-refractivity contribution in [1.82, 2.24) is 0 Å². The first kappa shape index (κ1) is 14.8. The van der Waals surface area contributed by atoms with Crippen LogP contribution in [0.4, 0.5) is 5.69 Å². The minimum absolute atomic E-state index is 0.133. The van der Waals surface area contributed by atoms with E-state index in [-0.39, 0.29) is 22.0 Å². The number of aromatic carboxylic acids is 1. The Kier molecular flexibility index (Phi) is 4.09. The fourth-order valence-corrected chi connectivity index (χ4v) is 1.91. The van der Waals surface area contributed by atoms with Gasteiger partial charge in [0.2, 0.25) is 0 Å². The summed E-state index contributed by atoms with van der Waals surface area (Å²) in [5, 5.41) is 19.9. The summed E-state index contributed by atoms with van der Waals surface area (Å²) in [6.07, 6.45) is 0. The zero-order chi connectivity index (χ0) is 15.6. The number of rotatable bonds is 4. The molecule has 0 spiro atoms. The Morgan fingerprint density at radius 2 is 2.00 bits per heavy atom. The minimum atomic E-state index is -1.03. The molecule has 0 aliphatic carbocycles. The molecule has 1 N–H and O–H groups in total. The molecule has 0 bridgehead atoms. The summed E-state index contributed by atoms with van der Waals surface area (Å²) in [5.74, 6) is -0.555. The third kappa shape index (κ3) is 3.29. The summed E-state index contributed by atoms with van der Waals surface area (Å²) in [7, 11) is 0. The summed E-state index contributed by atoms with van der Waals surface area (Å²) < 4.78 is 5.49. The van der Waals surface area contributed by atoms with Crippen LogP contribution >= 0.6 is 11.6 Å². The number of ether oxygens (including phenoxy) is 1. The first-order valence-corrected chi connectivity index (χ1v) is 6.22. The molecule has 0 fully saturated rings. The molecule has 0 amide bonds. The Morgan fingerprint density at radius 1 is 1.29 bits per heavy atom. The lowest BCUT2D eigenvalue weighted by molar-refractivity contribution is -0.384. The van der Waals surface area contributed by atoms with Gasteiger partial charge in [-0.05, 0) is 36.8 Å². The van der Waals surface area contributed by atoms with Crippen LogP contribution in [0.25, 0.3) is 0 Å². The minimum Gasteiger partial charge on any atom is -0.478 e. The van der Waals surface area contributed by atoms with E-state index in [9.17, 15) is 14.9 Å². The van der Waals surface area contributed by atoms with Crippen molar-refractivity contribution in [3.63, 3.8) is 0 Å². The van der Waals surface area contributed by atoms with Gasteiger partial charge in [0.15, 0.2) is 5.75 Å². The number of hydrogen-bond acceptors (Lipinski definition) is 4. The van der Waals surface area contributed by atoms with E-state index in [0.29, 0.717) is 11.3 Å². The van der Waals surface area contributed by atoms with Crippen molar-refractivity contribution < 1.29 is 19.6 Å². The number of halogens is 1. The molecule has 6 nitrogen and oxygen atoms in total. The fourth-order valence-electron chi connectivity index (χ4n) is 1.75. The smallest absolute Gasteiger partial charge is 0.335 e. The molecule has 0 aromatic heterocycles. The van der Waals surface area contributed by atoms with Crippen molar-refractivity contribution in [2.45, 2.75) is 6.92 Å². The van der Waals surface area contributed by atoms with Gasteiger partial charge in [0.05, 0.1) is 21.6 Å². The van der Waals surface area contributed by atoms with Crippen LogP contribution in [0.15, 0.2) is 36.4 Å². The molecular formula is C14H10ClNO5. The Morgan fingerprint density at radius 3 is 2.57 bits per heavy atom. The molecule has 0 aliphatic heterocycles. The van der Waals surface area contributed by atoms with Crippen LogP contribution in [0, 0.1) is 17.0 Å². The van der Waals surface area contributed by atoms with Gasteiger partial charge in [-0.1, -0.05) is 11.6 Å². The molecule has 0 saturated carbocycles. The molecule has 0 aliphatic rings. The molecule has 21 heavy (non-hydrogen) atoms. The van der Waals surface area contributed by atoms with Gasteiger partial charge in [-0.15, -0.1) is 0 Å². The zero-order valence-corrected chi connectivity index (χ0v) is 11.6. The Balaban J connectivity index is 2.34. The maximum absolute atomic E-state index is 10.9. The maximum Gasteiger partial charge on any atom is 0.335 e. The Bertz CT molecular complexity index is 729. The maximum atomic E-state index is 10.9. The number of non-ortho nitro benzene ring substituents is 1. The van der Waals surface area contributed by atoms with E-state index < -0.39 is 10.9 Å². The number of aryl methyl sites for hydroxylation is 1. The number of benzene rings is 2. The topological polar surface area (TPSA) is 89.7 Å². The van der Waals surface area contributed by atoms with Crippen molar-refractivity contribution in [2.24, 2.45) is 0 Å². The largest absolute Gasteiger partial charge is 0.478 e. The van der Waals surface area contributed by atoms with Crippen LogP contribution in [-0.2, 0) is 0 Å². The van der Waals surface area contributed by atoms with Crippen molar-refractivity contribution in [1.29, 1.82) is 0 Å². The van der Waals surface area contributed by atoms with Gasteiger partial charge in [-0.2, -0.15) is 0 Å². The molecule has 2 aromatic rings. The van der Waals surface area contributed by atoms with E-state index in [1.165, 1.54) is 36.4 Å².